The quantitative estimate of drug-likeness (QED) is 0.389. The first-order chi connectivity index (χ1) is 17.4. The first kappa shape index (κ1) is 24.5. The number of halogens is 2. The second-order valence-electron chi connectivity index (χ2n) is 8.27. The van der Waals surface area contributed by atoms with Gasteiger partial charge in [0.15, 0.2) is 0 Å². The third kappa shape index (κ3) is 5.02. The number of imide groups is 1. The molecule has 7 nitrogen and oxygen atoms in total. The minimum Gasteiger partial charge on any atom is -0.457 e. The highest BCUT2D eigenvalue weighted by atomic mass is 35.5. The lowest BCUT2D eigenvalue weighted by Gasteiger charge is -2.36. The molecule has 0 aliphatic carbocycles. The zero-order valence-corrected chi connectivity index (χ0v) is 21.4. The van der Waals surface area contributed by atoms with Crippen LogP contribution in [-0.2, 0) is 9.59 Å². The van der Waals surface area contributed by atoms with Gasteiger partial charge in [-0.1, -0.05) is 47.5 Å². The second-order valence-corrected chi connectivity index (χ2v) is 10.1. The van der Waals surface area contributed by atoms with Crippen LogP contribution in [0.1, 0.15) is 5.76 Å². The van der Waals surface area contributed by atoms with E-state index in [1.165, 1.54) is 6.08 Å². The lowest BCUT2D eigenvalue weighted by molar-refractivity contribution is -0.136. The monoisotopic (exact) mass is 541 g/mol. The van der Waals surface area contributed by atoms with Crippen molar-refractivity contribution in [3.05, 3.63) is 81.4 Å². The molecule has 2 fully saturated rings. The van der Waals surface area contributed by atoms with Crippen molar-refractivity contribution in [1.82, 2.24) is 9.80 Å². The summed E-state index contributed by atoms with van der Waals surface area (Å²) in [5.74, 6) is 0.106. The smallest absolute Gasteiger partial charge is 0.294 e. The molecule has 3 heterocycles. The number of furan rings is 1. The largest absolute Gasteiger partial charge is 0.457 e. The fraction of sp³-hybridized carbons (Fsp3) is 0.192. The normalized spacial score (nSPS) is 17.4. The summed E-state index contributed by atoms with van der Waals surface area (Å²) in [5, 5.41) is 0.287. The van der Waals surface area contributed by atoms with Gasteiger partial charge in [0.2, 0.25) is 5.91 Å². The average Bonchev–Trinajstić information content (AvgIpc) is 3.46. The number of benzene rings is 2. The van der Waals surface area contributed by atoms with Crippen LogP contribution < -0.4 is 4.90 Å². The number of hydrogen-bond acceptors (Lipinski definition) is 6. The summed E-state index contributed by atoms with van der Waals surface area (Å²) >= 11 is 13.1. The summed E-state index contributed by atoms with van der Waals surface area (Å²) in [6.07, 6.45) is 1.50. The highest BCUT2D eigenvalue weighted by Gasteiger charge is 2.37. The molecule has 2 aliphatic heterocycles. The Labute approximate surface area is 222 Å². The van der Waals surface area contributed by atoms with Crippen molar-refractivity contribution in [2.24, 2.45) is 0 Å². The second kappa shape index (κ2) is 10.4. The maximum absolute atomic E-state index is 12.9. The first-order valence-corrected chi connectivity index (χ1v) is 12.9. The lowest BCUT2D eigenvalue weighted by Crippen LogP contribution is -2.51. The molecule has 0 unspecified atom stereocenters. The Bertz CT molecular complexity index is 1350. The summed E-state index contributed by atoms with van der Waals surface area (Å²) in [7, 11) is 0. The Balaban J connectivity index is 1.22. The Morgan fingerprint density at radius 3 is 2.44 bits per heavy atom. The zero-order valence-electron chi connectivity index (χ0n) is 19.0. The molecule has 0 atom stereocenters. The molecule has 10 heteroatoms. The van der Waals surface area contributed by atoms with Crippen molar-refractivity contribution in [3.8, 4) is 11.3 Å². The number of piperazine rings is 1. The van der Waals surface area contributed by atoms with E-state index in [0.717, 1.165) is 22.3 Å². The van der Waals surface area contributed by atoms with E-state index < -0.39 is 11.1 Å². The number of anilines is 1. The number of thioether (sulfide) groups is 1. The number of carbonyl (C=O) groups excluding carboxylic acids is 3. The van der Waals surface area contributed by atoms with Gasteiger partial charge in [0, 0.05) is 43.5 Å². The van der Waals surface area contributed by atoms with Crippen molar-refractivity contribution in [2.75, 3.05) is 37.6 Å². The van der Waals surface area contributed by atoms with Crippen LogP contribution in [0.5, 0.6) is 0 Å². The number of rotatable bonds is 5. The fourth-order valence-corrected chi connectivity index (χ4v) is 5.33. The van der Waals surface area contributed by atoms with Gasteiger partial charge in [0.05, 0.1) is 15.0 Å². The standard InChI is InChI=1S/C26H21Cl2N3O4S/c27-20-8-4-7-19(24(20)28)21-10-9-18(35-21)15-22-25(33)31(26(34)36-22)16-23(32)30-13-11-29(12-14-30)17-5-2-1-3-6-17/h1-10,15H,11-14,16H2/b22-15-. The Hall–Kier alpha value is -3.20. The Kier molecular flexibility index (Phi) is 7.09. The number of carbonyl (C=O) groups is 3. The van der Waals surface area contributed by atoms with E-state index in [-0.39, 0.29) is 17.4 Å². The van der Waals surface area contributed by atoms with Crippen molar-refractivity contribution in [3.63, 3.8) is 0 Å². The summed E-state index contributed by atoms with van der Waals surface area (Å²) in [6, 6.07) is 18.6. The molecule has 0 radical (unpaired) electrons. The molecule has 36 heavy (non-hydrogen) atoms. The molecule has 3 aromatic rings. The first-order valence-electron chi connectivity index (χ1n) is 11.3. The van der Waals surface area contributed by atoms with Crippen LogP contribution in [0, 0.1) is 0 Å². The molecule has 0 bridgehead atoms. The maximum Gasteiger partial charge on any atom is 0.294 e. The van der Waals surface area contributed by atoms with Crippen molar-refractivity contribution >= 4 is 63.8 Å². The van der Waals surface area contributed by atoms with Crippen LogP contribution in [-0.4, -0.2) is 59.6 Å². The molecule has 2 aliphatic rings. The average molecular weight is 542 g/mol. The molecule has 5 rings (SSSR count). The molecule has 2 aromatic carbocycles. The number of para-hydroxylation sites is 1. The van der Waals surface area contributed by atoms with Gasteiger partial charge in [0.1, 0.15) is 18.1 Å². The van der Waals surface area contributed by atoms with Gasteiger partial charge in [-0.25, -0.2) is 0 Å². The number of hydrogen-bond donors (Lipinski definition) is 0. The van der Waals surface area contributed by atoms with Crippen LogP contribution >= 0.6 is 35.0 Å². The van der Waals surface area contributed by atoms with E-state index in [0.29, 0.717) is 53.3 Å². The summed E-state index contributed by atoms with van der Waals surface area (Å²) in [6.45, 7) is 2.15. The van der Waals surface area contributed by atoms with Gasteiger partial charge >= 0.3 is 0 Å². The molecule has 1 aromatic heterocycles. The van der Waals surface area contributed by atoms with Gasteiger partial charge in [-0.05, 0) is 48.2 Å². The van der Waals surface area contributed by atoms with Crippen LogP contribution in [0.3, 0.4) is 0 Å². The lowest BCUT2D eigenvalue weighted by atomic mass is 10.2. The van der Waals surface area contributed by atoms with Crippen molar-refractivity contribution in [1.29, 1.82) is 0 Å². The summed E-state index contributed by atoms with van der Waals surface area (Å²) < 4.78 is 5.81. The molecule has 2 saturated heterocycles. The van der Waals surface area contributed by atoms with E-state index >= 15 is 0 Å². The zero-order chi connectivity index (χ0) is 25.2. The molecule has 0 saturated carbocycles. The Morgan fingerprint density at radius 2 is 1.69 bits per heavy atom. The third-order valence-corrected chi connectivity index (χ3v) is 7.76. The van der Waals surface area contributed by atoms with E-state index in [1.54, 1.807) is 35.2 Å². The van der Waals surface area contributed by atoms with E-state index in [2.05, 4.69) is 4.90 Å². The predicted octanol–water partition coefficient (Wildman–Crippen LogP) is 5.64. The van der Waals surface area contributed by atoms with Gasteiger partial charge in [-0.15, -0.1) is 0 Å². The molecule has 0 N–H and O–H groups in total. The third-order valence-electron chi connectivity index (χ3n) is 6.04. The highest BCUT2D eigenvalue weighted by molar-refractivity contribution is 8.18. The molecule has 184 valence electrons. The van der Waals surface area contributed by atoms with Crippen LogP contribution in [0.15, 0.2) is 70.0 Å². The van der Waals surface area contributed by atoms with Crippen molar-refractivity contribution < 1.29 is 18.8 Å². The minimum atomic E-state index is -0.514. The highest BCUT2D eigenvalue weighted by Crippen LogP contribution is 2.36. The maximum atomic E-state index is 12.9. The molecular formula is C26H21Cl2N3O4S. The van der Waals surface area contributed by atoms with E-state index in [9.17, 15) is 14.4 Å². The van der Waals surface area contributed by atoms with Crippen LogP contribution in [0.2, 0.25) is 10.0 Å². The summed E-state index contributed by atoms with van der Waals surface area (Å²) in [4.78, 5) is 43.4. The minimum absolute atomic E-state index is 0.194. The van der Waals surface area contributed by atoms with Crippen LogP contribution in [0.25, 0.3) is 17.4 Å². The number of amides is 3. The predicted molar refractivity (Wildman–Crippen MR) is 142 cm³/mol. The number of nitrogens with zero attached hydrogens (tertiary/aromatic N) is 3. The van der Waals surface area contributed by atoms with Gasteiger partial charge in [-0.2, -0.15) is 0 Å². The Morgan fingerprint density at radius 1 is 0.944 bits per heavy atom. The molecule has 0 spiro atoms. The van der Waals surface area contributed by atoms with Gasteiger partial charge < -0.3 is 14.2 Å². The van der Waals surface area contributed by atoms with Gasteiger partial charge in [0.25, 0.3) is 11.1 Å². The SMILES string of the molecule is O=C(CN1C(=O)S/C(=C\c2ccc(-c3cccc(Cl)c3Cl)o2)C1=O)N1CCN(c2ccccc2)CC1. The van der Waals surface area contributed by atoms with Crippen molar-refractivity contribution in [2.45, 2.75) is 0 Å². The fourth-order valence-electron chi connectivity index (χ4n) is 4.12. The van der Waals surface area contributed by atoms with E-state index in [1.807, 2.05) is 30.3 Å². The van der Waals surface area contributed by atoms with Gasteiger partial charge in [-0.3, -0.25) is 19.3 Å². The van der Waals surface area contributed by atoms with Crippen LogP contribution in [0.4, 0.5) is 10.5 Å². The topological polar surface area (TPSA) is 74.1 Å². The molecular weight excluding hydrogens is 521 g/mol. The van der Waals surface area contributed by atoms with E-state index in [4.69, 9.17) is 27.6 Å². The summed E-state index contributed by atoms with van der Waals surface area (Å²) in [5.41, 5.74) is 1.73. The molecule has 3 amide bonds.